The maximum Gasteiger partial charge on any atom is 0.336 e. The first-order valence-electron chi connectivity index (χ1n) is 7.02. The summed E-state index contributed by atoms with van der Waals surface area (Å²) in [5, 5.41) is 9.95. The molecular formula is C15H18NO5+. The molecule has 0 aliphatic carbocycles. The van der Waals surface area contributed by atoms with Gasteiger partial charge in [-0.2, -0.15) is 0 Å². The summed E-state index contributed by atoms with van der Waals surface area (Å²) >= 11 is 0. The van der Waals surface area contributed by atoms with Crippen LogP contribution in [-0.2, 0) is 6.54 Å². The zero-order chi connectivity index (χ0) is 14.8. The SMILES string of the molecule is CC[NH+](CCO)Cc1cc(=O)oc2cc3c(cc12)OCO3. The minimum Gasteiger partial charge on any atom is -0.454 e. The lowest BCUT2D eigenvalue weighted by Gasteiger charge is -2.17. The van der Waals surface area contributed by atoms with Gasteiger partial charge in [0.25, 0.3) is 0 Å². The van der Waals surface area contributed by atoms with Gasteiger partial charge in [0.2, 0.25) is 6.79 Å². The molecule has 0 saturated carbocycles. The Morgan fingerprint density at radius 2 is 2.00 bits per heavy atom. The molecule has 21 heavy (non-hydrogen) atoms. The third-order valence-electron chi connectivity index (χ3n) is 3.73. The molecule has 2 heterocycles. The highest BCUT2D eigenvalue weighted by atomic mass is 16.7. The Balaban J connectivity index is 2.06. The topological polar surface area (TPSA) is 73.3 Å². The van der Waals surface area contributed by atoms with Crippen molar-refractivity contribution in [2.75, 3.05) is 26.5 Å². The summed E-state index contributed by atoms with van der Waals surface area (Å²) in [7, 11) is 0. The Morgan fingerprint density at radius 3 is 2.71 bits per heavy atom. The lowest BCUT2D eigenvalue weighted by atomic mass is 10.1. The van der Waals surface area contributed by atoms with Crippen molar-refractivity contribution in [1.82, 2.24) is 0 Å². The molecule has 1 aliphatic rings. The van der Waals surface area contributed by atoms with Gasteiger partial charge in [-0.1, -0.05) is 0 Å². The maximum absolute atomic E-state index is 11.7. The molecule has 0 radical (unpaired) electrons. The fourth-order valence-corrected chi connectivity index (χ4v) is 2.58. The van der Waals surface area contributed by atoms with E-state index in [1.165, 1.54) is 11.0 Å². The molecule has 1 aromatic carbocycles. The number of likely N-dealkylation sites (N-methyl/N-ethyl adjacent to an activating group) is 1. The average Bonchev–Trinajstić information content (AvgIpc) is 2.91. The van der Waals surface area contributed by atoms with Crippen LogP contribution in [0.1, 0.15) is 12.5 Å². The highest BCUT2D eigenvalue weighted by Crippen LogP contribution is 2.36. The highest BCUT2D eigenvalue weighted by Gasteiger charge is 2.19. The molecule has 0 saturated heterocycles. The van der Waals surface area contributed by atoms with Crippen molar-refractivity contribution in [2.24, 2.45) is 0 Å². The van der Waals surface area contributed by atoms with Gasteiger partial charge in [-0.25, -0.2) is 4.79 Å². The molecular weight excluding hydrogens is 274 g/mol. The van der Waals surface area contributed by atoms with Gasteiger partial charge in [0, 0.05) is 23.1 Å². The average molecular weight is 292 g/mol. The molecule has 3 rings (SSSR count). The summed E-state index contributed by atoms with van der Waals surface area (Å²) in [6.07, 6.45) is 0. The van der Waals surface area contributed by atoms with E-state index >= 15 is 0 Å². The maximum atomic E-state index is 11.7. The Hall–Kier alpha value is -2.05. The number of nitrogens with one attached hydrogen (secondary N) is 1. The van der Waals surface area contributed by atoms with Crippen LogP contribution in [0.25, 0.3) is 11.0 Å². The first-order chi connectivity index (χ1) is 10.2. The Bertz CT molecular complexity index is 709. The van der Waals surface area contributed by atoms with Crippen molar-refractivity contribution in [2.45, 2.75) is 13.5 Å². The van der Waals surface area contributed by atoms with Gasteiger partial charge in [0.05, 0.1) is 13.2 Å². The van der Waals surface area contributed by atoms with Crippen LogP contribution in [0.2, 0.25) is 0 Å². The molecule has 6 nitrogen and oxygen atoms in total. The van der Waals surface area contributed by atoms with Gasteiger partial charge < -0.3 is 23.9 Å². The van der Waals surface area contributed by atoms with Crippen LogP contribution in [0.3, 0.4) is 0 Å². The van der Waals surface area contributed by atoms with Gasteiger partial charge in [-0.3, -0.25) is 0 Å². The normalized spacial score (nSPS) is 14.6. The van der Waals surface area contributed by atoms with Crippen LogP contribution < -0.4 is 20.0 Å². The second-order valence-corrected chi connectivity index (χ2v) is 5.05. The predicted molar refractivity (Wildman–Crippen MR) is 75.8 cm³/mol. The standard InChI is InChI=1S/C15H17NO5/c1-2-16(3-4-17)8-10-5-15(18)21-12-7-14-13(6-11(10)12)19-9-20-14/h5-7,17H,2-4,8-9H2,1H3/p+1. The summed E-state index contributed by atoms with van der Waals surface area (Å²) < 4.78 is 15.9. The lowest BCUT2D eigenvalue weighted by Crippen LogP contribution is -3.10. The Morgan fingerprint density at radius 1 is 1.24 bits per heavy atom. The van der Waals surface area contributed by atoms with E-state index in [1.807, 2.05) is 13.0 Å². The molecule has 1 atom stereocenters. The fourth-order valence-electron chi connectivity index (χ4n) is 2.58. The summed E-state index contributed by atoms with van der Waals surface area (Å²) in [5.74, 6) is 1.26. The number of aliphatic hydroxyl groups excluding tert-OH is 1. The number of hydrogen-bond acceptors (Lipinski definition) is 5. The molecule has 112 valence electrons. The zero-order valence-corrected chi connectivity index (χ0v) is 11.8. The number of aliphatic hydroxyl groups is 1. The van der Waals surface area contributed by atoms with Crippen LogP contribution in [0.15, 0.2) is 27.4 Å². The summed E-state index contributed by atoms with van der Waals surface area (Å²) in [5.41, 5.74) is 1.02. The lowest BCUT2D eigenvalue weighted by molar-refractivity contribution is -0.912. The van der Waals surface area contributed by atoms with E-state index in [0.717, 1.165) is 17.5 Å². The van der Waals surface area contributed by atoms with Crippen LogP contribution in [0.4, 0.5) is 0 Å². The van der Waals surface area contributed by atoms with Crippen LogP contribution in [0, 0.1) is 0 Å². The molecule has 0 fully saturated rings. The molecule has 1 unspecified atom stereocenters. The van der Waals surface area contributed by atoms with E-state index in [4.69, 9.17) is 19.0 Å². The van der Waals surface area contributed by atoms with E-state index < -0.39 is 0 Å². The fraction of sp³-hybridized carbons (Fsp3) is 0.400. The molecule has 1 aromatic heterocycles. The number of benzene rings is 1. The van der Waals surface area contributed by atoms with Crippen molar-refractivity contribution in [3.05, 3.63) is 34.2 Å². The monoisotopic (exact) mass is 292 g/mol. The number of ether oxygens (including phenoxy) is 2. The predicted octanol–water partition coefficient (Wildman–Crippen LogP) is -0.0812. The van der Waals surface area contributed by atoms with Crippen molar-refractivity contribution in [3.63, 3.8) is 0 Å². The molecule has 2 aromatic rings. The zero-order valence-electron chi connectivity index (χ0n) is 11.8. The van der Waals surface area contributed by atoms with Gasteiger partial charge in [0.15, 0.2) is 11.5 Å². The van der Waals surface area contributed by atoms with Crippen LogP contribution in [0.5, 0.6) is 11.5 Å². The second kappa shape index (κ2) is 5.75. The molecule has 0 bridgehead atoms. The summed E-state index contributed by atoms with van der Waals surface area (Å²) in [6, 6.07) is 5.06. The Labute approximate surface area is 121 Å². The van der Waals surface area contributed by atoms with Gasteiger partial charge in [0.1, 0.15) is 18.7 Å². The quantitative estimate of drug-likeness (QED) is 0.754. The molecule has 1 aliphatic heterocycles. The van der Waals surface area contributed by atoms with Gasteiger partial charge >= 0.3 is 5.63 Å². The molecule has 0 spiro atoms. The smallest absolute Gasteiger partial charge is 0.336 e. The van der Waals surface area contributed by atoms with Crippen molar-refractivity contribution < 1.29 is 23.9 Å². The van der Waals surface area contributed by atoms with Gasteiger partial charge in [-0.05, 0) is 13.0 Å². The molecule has 2 N–H and O–H groups in total. The van der Waals surface area contributed by atoms with E-state index in [9.17, 15) is 4.79 Å². The molecule has 0 amide bonds. The van der Waals surface area contributed by atoms with E-state index in [-0.39, 0.29) is 19.0 Å². The summed E-state index contributed by atoms with van der Waals surface area (Å²) in [6.45, 7) is 4.51. The van der Waals surface area contributed by atoms with Crippen molar-refractivity contribution in [1.29, 1.82) is 0 Å². The number of quaternary nitrogens is 1. The van der Waals surface area contributed by atoms with E-state index in [2.05, 4.69) is 0 Å². The van der Waals surface area contributed by atoms with Crippen molar-refractivity contribution >= 4 is 11.0 Å². The first-order valence-corrected chi connectivity index (χ1v) is 7.02. The minimum absolute atomic E-state index is 0.120. The highest BCUT2D eigenvalue weighted by molar-refractivity contribution is 5.84. The number of hydrogen-bond donors (Lipinski definition) is 2. The summed E-state index contributed by atoms with van der Waals surface area (Å²) in [4.78, 5) is 12.9. The second-order valence-electron chi connectivity index (χ2n) is 5.05. The van der Waals surface area contributed by atoms with Crippen LogP contribution in [-0.4, -0.2) is 31.6 Å². The third kappa shape index (κ3) is 2.72. The van der Waals surface area contributed by atoms with E-state index in [1.54, 1.807) is 6.07 Å². The number of fused-ring (bicyclic) bond motifs is 2. The van der Waals surface area contributed by atoms with Gasteiger partial charge in [-0.15, -0.1) is 0 Å². The van der Waals surface area contributed by atoms with Crippen LogP contribution >= 0.6 is 0 Å². The third-order valence-corrected chi connectivity index (χ3v) is 3.73. The first kappa shape index (κ1) is 13.9. The minimum atomic E-state index is -0.379. The largest absolute Gasteiger partial charge is 0.454 e. The van der Waals surface area contributed by atoms with Crippen molar-refractivity contribution in [3.8, 4) is 11.5 Å². The Kier molecular flexibility index (Phi) is 3.81. The number of rotatable bonds is 5. The molecule has 6 heteroatoms. The van der Waals surface area contributed by atoms with E-state index in [0.29, 0.717) is 30.2 Å².